The molecule has 3 aromatic carbocycles. The van der Waals surface area contributed by atoms with Crippen LogP contribution in [0.3, 0.4) is 0 Å². The van der Waals surface area contributed by atoms with Crippen LogP contribution in [0.25, 0.3) is 10.8 Å². The molecular formula is C26H25N3O6S. The van der Waals surface area contributed by atoms with Crippen LogP contribution >= 0.6 is 12.2 Å². The van der Waals surface area contributed by atoms with Crippen LogP contribution in [0, 0.1) is 0 Å². The van der Waals surface area contributed by atoms with Gasteiger partial charge in [-0.05, 0) is 41.9 Å². The first-order valence-electron chi connectivity index (χ1n) is 11.5. The predicted molar refractivity (Wildman–Crippen MR) is 138 cm³/mol. The number of ether oxygens (including phenoxy) is 4. The minimum atomic E-state index is -0.566. The highest BCUT2D eigenvalue weighted by Crippen LogP contribution is 2.30. The lowest BCUT2D eigenvalue weighted by molar-refractivity contribution is 0.00881. The summed E-state index contributed by atoms with van der Waals surface area (Å²) in [6, 6.07) is 20.1. The Morgan fingerprint density at radius 1 is 0.944 bits per heavy atom. The fourth-order valence-corrected chi connectivity index (χ4v) is 4.75. The zero-order chi connectivity index (χ0) is 25.1. The molecule has 9 nitrogen and oxygen atoms in total. The third kappa shape index (κ3) is 5.11. The highest BCUT2D eigenvalue weighted by molar-refractivity contribution is 7.80. The van der Waals surface area contributed by atoms with Crippen molar-refractivity contribution in [3.8, 4) is 0 Å². The first-order chi connectivity index (χ1) is 17.5. The van der Waals surface area contributed by atoms with Gasteiger partial charge in [0.15, 0.2) is 11.2 Å². The van der Waals surface area contributed by atoms with Gasteiger partial charge in [0.25, 0.3) is 0 Å². The van der Waals surface area contributed by atoms with Gasteiger partial charge in [-0.2, -0.15) is 0 Å². The van der Waals surface area contributed by atoms with E-state index >= 15 is 0 Å². The summed E-state index contributed by atoms with van der Waals surface area (Å²) in [5, 5.41) is 11.4. The van der Waals surface area contributed by atoms with Gasteiger partial charge in [0, 0.05) is 11.1 Å². The SMILES string of the molecule is COC(=O)c1cccc(NC(=S)NC2COC3C(OC(=O)Nc4cccc5ccccc45)COC23)c1. The molecule has 36 heavy (non-hydrogen) atoms. The number of methoxy groups -OCH3 is 1. The summed E-state index contributed by atoms with van der Waals surface area (Å²) in [4.78, 5) is 24.4. The molecule has 10 heteroatoms. The van der Waals surface area contributed by atoms with E-state index in [2.05, 4.69) is 16.0 Å². The summed E-state index contributed by atoms with van der Waals surface area (Å²) >= 11 is 5.44. The molecular weight excluding hydrogens is 482 g/mol. The van der Waals surface area contributed by atoms with E-state index in [1.165, 1.54) is 7.11 Å². The van der Waals surface area contributed by atoms with Crippen LogP contribution in [-0.2, 0) is 18.9 Å². The molecule has 3 N–H and O–H groups in total. The number of anilines is 2. The van der Waals surface area contributed by atoms with Crippen molar-refractivity contribution in [2.45, 2.75) is 24.4 Å². The number of fused-ring (bicyclic) bond motifs is 2. The van der Waals surface area contributed by atoms with Crippen molar-refractivity contribution in [3.63, 3.8) is 0 Å². The van der Waals surface area contributed by atoms with E-state index in [0.29, 0.717) is 28.7 Å². The standard InChI is InChI=1S/C26H25N3O6S/c1-32-24(30)16-8-4-9-17(12-16)27-25(36)28-20-13-33-23-21(14-34-22(20)23)35-26(31)29-19-11-5-7-15-6-2-3-10-18(15)19/h2-12,20-23H,13-14H2,1H3,(H,29,31)(H2,27,28,36). The Kier molecular flexibility index (Phi) is 6.99. The second kappa shape index (κ2) is 10.5. The van der Waals surface area contributed by atoms with E-state index in [-0.39, 0.29) is 18.8 Å². The Balaban J connectivity index is 1.15. The first kappa shape index (κ1) is 24.0. The number of amides is 1. The fourth-order valence-electron chi connectivity index (χ4n) is 4.48. The molecule has 2 fully saturated rings. The van der Waals surface area contributed by atoms with Crippen molar-refractivity contribution in [1.82, 2.24) is 5.32 Å². The molecule has 1 amide bonds. The summed E-state index contributed by atoms with van der Waals surface area (Å²) < 4.78 is 22.2. The lowest BCUT2D eigenvalue weighted by Gasteiger charge is -2.20. The summed E-state index contributed by atoms with van der Waals surface area (Å²) in [7, 11) is 1.33. The number of esters is 1. The number of rotatable bonds is 5. The Bertz CT molecular complexity index is 1300. The average molecular weight is 508 g/mol. The Morgan fingerprint density at radius 3 is 2.58 bits per heavy atom. The number of carbonyl (C=O) groups excluding carboxylic acids is 2. The molecule has 2 saturated heterocycles. The van der Waals surface area contributed by atoms with Gasteiger partial charge in [-0.3, -0.25) is 5.32 Å². The van der Waals surface area contributed by atoms with Crippen LogP contribution in [0.1, 0.15) is 10.4 Å². The maximum Gasteiger partial charge on any atom is 0.412 e. The molecule has 186 valence electrons. The van der Waals surface area contributed by atoms with Gasteiger partial charge >= 0.3 is 12.1 Å². The van der Waals surface area contributed by atoms with E-state index < -0.39 is 24.3 Å². The zero-order valence-corrected chi connectivity index (χ0v) is 20.2. The third-order valence-corrected chi connectivity index (χ3v) is 6.37. The Morgan fingerprint density at radius 2 is 1.72 bits per heavy atom. The number of hydrogen-bond donors (Lipinski definition) is 3. The fraction of sp³-hybridized carbons (Fsp3) is 0.269. The zero-order valence-electron chi connectivity index (χ0n) is 19.4. The molecule has 0 radical (unpaired) electrons. The minimum Gasteiger partial charge on any atom is -0.465 e. The molecule has 0 aliphatic carbocycles. The summed E-state index contributed by atoms with van der Waals surface area (Å²) in [5.41, 5.74) is 1.73. The molecule has 4 atom stereocenters. The van der Waals surface area contributed by atoms with Crippen LogP contribution in [0.4, 0.5) is 16.2 Å². The van der Waals surface area contributed by atoms with E-state index in [1.807, 2.05) is 42.5 Å². The summed E-state index contributed by atoms with van der Waals surface area (Å²) in [6.45, 7) is 0.558. The molecule has 3 aromatic rings. The van der Waals surface area contributed by atoms with Gasteiger partial charge in [-0.15, -0.1) is 0 Å². The van der Waals surface area contributed by atoms with E-state index in [1.54, 1.807) is 24.3 Å². The van der Waals surface area contributed by atoms with Gasteiger partial charge in [0.1, 0.15) is 12.2 Å². The smallest absolute Gasteiger partial charge is 0.412 e. The highest BCUT2D eigenvalue weighted by atomic mass is 32.1. The molecule has 2 heterocycles. The number of nitrogens with one attached hydrogen (secondary N) is 3. The summed E-state index contributed by atoms with van der Waals surface area (Å²) in [5.74, 6) is -0.431. The van der Waals surface area contributed by atoms with Crippen LogP contribution in [-0.4, -0.2) is 61.9 Å². The van der Waals surface area contributed by atoms with Crippen molar-refractivity contribution in [2.24, 2.45) is 0 Å². The largest absolute Gasteiger partial charge is 0.465 e. The predicted octanol–water partition coefficient (Wildman–Crippen LogP) is 3.70. The van der Waals surface area contributed by atoms with Gasteiger partial charge in [0.05, 0.1) is 37.6 Å². The monoisotopic (exact) mass is 507 g/mol. The van der Waals surface area contributed by atoms with Crippen molar-refractivity contribution < 1.29 is 28.5 Å². The third-order valence-electron chi connectivity index (χ3n) is 6.15. The van der Waals surface area contributed by atoms with Crippen LogP contribution < -0.4 is 16.0 Å². The van der Waals surface area contributed by atoms with E-state index in [4.69, 9.17) is 31.2 Å². The number of thiocarbonyl (C=S) groups is 1. The minimum absolute atomic E-state index is 0.220. The van der Waals surface area contributed by atoms with Crippen molar-refractivity contribution in [1.29, 1.82) is 0 Å². The molecule has 2 aliphatic heterocycles. The molecule has 0 aromatic heterocycles. The van der Waals surface area contributed by atoms with Crippen molar-refractivity contribution in [2.75, 3.05) is 31.0 Å². The van der Waals surface area contributed by atoms with E-state index in [0.717, 1.165) is 10.8 Å². The topological polar surface area (TPSA) is 107 Å². The molecule has 0 spiro atoms. The first-order valence-corrected chi connectivity index (χ1v) is 11.9. The molecule has 4 unspecified atom stereocenters. The lowest BCUT2D eigenvalue weighted by atomic mass is 10.1. The van der Waals surface area contributed by atoms with Crippen molar-refractivity contribution >= 4 is 51.5 Å². The summed E-state index contributed by atoms with van der Waals surface area (Å²) in [6.07, 6.45) is -1.86. The normalized spacial score (nSPS) is 22.5. The van der Waals surface area contributed by atoms with E-state index in [9.17, 15) is 9.59 Å². The molecule has 0 saturated carbocycles. The van der Waals surface area contributed by atoms with Gasteiger partial charge < -0.3 is 29.6 Å². The van der Waals surface area contributed by atoms with Crippen LogP contribution in [0.15, 0.2) is 66.7 Å². The van der Waals surface area contributed by atoms with Crippen LogP contribution in [0.2, 0.25) is 0 Å². The second-order valence-electron chi connectivity index (χ2n) is 8.47. The lowest BCUT2D eigenvalue weighted by Crippen LogP contribution is -2.46. The quantitative estimate of drug-likeness (QED) is 0.352. The number of hydrogen-bond acceptors (Lipinski definition) is 7. The van der Waals surface area contributed by atoms with Gasteiger partial charge in [-0.25, -0.2) is 9.59 Å². The maximum atomic E-state index is 12.6. The van der Waals surface area contributed by atoms with Crippen molar-refractivity contribution in [3.05, 3.63) is 72.3 Å². The highest BCUT2D eigenvalue weighted by Gasteiger charge is 2.49. The van der Waals surface area contributed by atoms with Gasteiger partial charge in [0.2, 0.25) is 0 Å². The maximum absolute atomic E-state index is 12.6. The molecule has 2 aliphatic rings. The second-order valence-corrected chi connectivity index (χ2v) is 8.88. The molecule has 0 bridgehead atoms. The van der Waals surface area contributed by atoms with Crippen LogP contribution in [0.5, 0.6) is 0 Å². The number of benzene rings is 3. The number of carbonyl (C=O) groups is 2. The Hall–Kier alpha value is -3.73. The van der Waals surface area contributed by atoms with Gasteiger partial charge in [-0.1, -0.05) is 42.5 Å². The average Bonchev–Trinajstić information content (AvgIpc) is 3.47. The Labute approximate surface area is 213 Å². The molecule has 5 rings (SSSR count).